The van der Waals surface area contributed by atoms with E-state index in [1.807, 2.05) is 38.1 Å². The predicted molar refractivity (Wildman–Crippen MR) is 82.6 cm³/mol. The molecule has 0 saturated carbocycles. The molecule has 1 aromatic heterocycles. The third-order valence-electron chi connectivity index (χ3n) is 3.28. The molecule has 106 valence electrons. The summed E-state index contributed by atoms with van der Waals surface area (Å²) in [4.78, 5) is 26.1. The summed E-state index contributed by atoms with van der Waals surface area (Å²) in [7, 11) is 0. The fourth-order valence-corrected chi connectivity index (χ4v) is 2.85. The fourth-order valence-electron chi connectivity index (χ4n) is 2.02. The number of hydrogen-bond acceptors (Lipinski definition) is 4. The summed E-state index contributed by atoms with van der Waals surface area (Å²) in [6.07, 6.45) is 0.879. The van der Waals surface area contributed by atoms with E-state index in [9.17, 15) is 14.9 Å². The molecular formula is C17H15NO2S. The maximum absolute atomic E-state index is 12.4. The van der Waals surface area contributed by atoms with Crippen LogP contribution in [-0.4, -0.2) is 11.6 Å². The second kappa shape index (κ2) is 6.47. The number of ketones is 2. The Labute approximate surface area is 127 Å². The van der Waals surface area contributed by atoms with Crippen molar-refractivity contribution in [3.63, 3.8) is 0 Å². The highest BCUT2D eigenvalue weighted by Crippen LogP contribution is 2.21. The molecule has 0 aliphatic rings. The topological polar surface area (TPSA) is 57.9 Å². The summed E-state index contributed by atoms with van der Waals surface area (Å²) in [6, 6.07) is 12.4. The number of rotatable bonds is 5. The van der Waals surface area contributed by atoms with E-state index in [0.29, 0.717) is 10.4 Å². The Kier molecular flexibility index (Phi) is 4.66. The van der Waals surface area contributed by atoms with Crippen LogP contribution in [0.15, 0.2) is 36.4 Å². The molecule has 1 heterocycles. The van der Waals surface area contributed by atoms with Crippen molar-refractivity contribution in [3.8, 4) is 6.07 Å². The number of nitrogens with zero attached hydrogens (tertiary/aromatic N) is 1. The molecule has 0 amide bonds. The molecule has 1 atom stereocenters. The molecule has 0 bridgehead atoms. The second-order valence-electron chi connectivity index (χ2n) is 4.75. The van der Waals surface area contributed by atoms with Gasteiger partial charge in [-0.25, -0.2) is 0 Å². The molecule has 2 rings (SSSR count). The molecule has 1 aromatic carbocycles. The van der Waals surface area contributed by atoms with Crippen molar-refractivity contribution in [2.45, 2.75) is 20.3 Å². The smallest absolute Gasteiger partial charge is 0.197 e. The number of nitriles is 1. The van der Waals surface area contributed by atoms with Crippen LogP contribution >= 0.6 is 11.3 Å². The molecule has 2 aromatic rings. The molecule has 21 heavy (non-hydrogen) atoms. The van der Waals surface area contributed by atoms with Crippen LogP contribution < -0.4 is 0 Å². The molecule has 0 fully saturated rings. The number of carbonyl (C=O) groups excluding carboxylic acids is 2. The predicted octanol–water partition coefficient (Wildman–Crippen LogP) is 3.82. The van der Waals surface area contributed by atoms with E-state index in [-0.39, 0.29) is 0 Å². The molecule has 0 N–H and O–H groups in total. The van der Waals surface area contributed by atoms with Gasteiger partial charge >= 0.3 is 0 Å². The number of benzene rings is 1. The van der Waals surface area contributed by atoms with Crippen molar-refractivity contribution in [1.29, 1.82) is 5.26 Å². The van der Waals surface area contributed by atoms with Crippen molar-refractivity contribution < 1.29 is 9.59 Å². The van der Waals surface area contributed by atoms with Crippen LogP contribution in [0, 0.1) is 24.2 Å². The van der Waals surface area contributed by atoms with E-state index in [2.05, 4.69) is 0 Å². The molecule has 0 spiro atoms. The van der Waals surface area contributed by atoms with Gasteiger partial charge in [-0.2, -0.15) is 5.26 Å². The van der Waals surface area contributed by atoms with Gasteiger partial charge in [0, 0.05) is 10.4 Å². The standard InChI is InChI=1S/C17H15NO2S/c1-3-12-5-7-13(8-6-12)16(19)14(10-18)17(20)15-9-4-11(2)21-15/h4-9,14H,3H2,1-2H3. The van der Waals surface area contributed by atoms with E-state index < -0.39 is 17.5 Å². The highest BCUT2D eigenvalue weighted by Gasteiger charge is 2.29. The third kappa shape index (κ3) is 3.26. The van der Waals surface area contributed by atoms with Gasteiger partial charge in [0.05, 0.1) is 10.9 Å². The van der Waals surface area contributed by atoms with Crippen LogP contribution in [0.3, 0.4) is 0 Å². The highest BCUT2D eigenvalue weighted by atomic mass is 32.1. The first kappa shape index (κ1) is 15.1. The lowest BCUT2D eigenvalue weighted by atomic mass is 9.93. The van der Waals surface area contributed by atoms with E-state index in [1.54, 1.807) is 18.2 Å². The zero-order valence-electron chi connectivity index (χ0n) is 11.9. The van der Waals surface area contributed by atoms with Crippen molar-refractivity contribution in [3.05, 3.63) is 57.3 Å². The van der Waals surface area contributed by atoms with Crippen LogP contribution in [0.4, 0.5) is 0 Å². The summed E-state index contributed by atoms with van der Waals surface area (Å²) in [5, 5.41) is 9.21. The van der Waals surface area contributed by atoms with Crippen molar-refractivity contribution in [2.75, 3.05) is 0 Å². The van der Waals surface area contributed by atoms with Gasteiger partial charge in [-0.3, -0.25) is 9.59 Å². The van der Waals surface area contributed by atoms with Gasteiger partial charge in [-0.1, -0.05) is 31.2 Å². The number of carbonyl (C=O) groups is 2. The Morgan fingerprint density at radius 1 is 1.14 bits per heavy atom. The van der Waals surface area contributed by atoms with Crippen LogP contribution in [0.2, 0.25) is 0 Å². The van der Waals surface area contributed by atoms with Gasteiger partial charge in [0.1, 0.15) is 0 Å². The minimum atomic E-state index is -1.27. The van der Waals surface area contributed by atoms with Gasteiger partial charge in [0.25, 0.3) is 0 Å². The van der Waals surface area contributed by atoms with Gasteiger partial charge < -0.3 is 0 Å². The summed E-state index contributed by atoms with van der Waals surface area (Å²) in [5.74, 6) is -2.12. The third-order valence-corrected chi connectivity index (χ3v) is 4.30. The number of thiophene rings is 1. The van der Waals surface area contributed by atoms with Gasteiger partial charge in [-0.15, -0.1) is 11.3 Å². The molecular weight excluding hydrogens is 282 g/mol. The second-order valence-corrected chi connectivity index (χ2v) is 6.04. The largest absolute Gasteiger partial charge is 0.292 e. The van der Waals surface area contributed by atoms with Crippen molar-refractivity contribution >= 4 is 22.9 Å². The van der Waals surface area contributed by atoms with Crippen LogP contribution in [0.5, 0.6) is 0 Å². The van der Waals surface area contributed by atoms with Crippen molar-refractivity contribution in [2.24, 2.45) is 5.92 Å². The number of Topliss-reactive ketones (excluding diaryl/α,β-unsaturated/α-hetero) is 2. The normalized spacial score (nSPS) is 11.7. The Balaban J connectivity index is 2.26. The summed E-state index contributed by atoms with van der Waals surface area (Å²) in [5.41, 5.74) is 1.51. The number of aryl methyl sites for hydroxylation is 2. The first-order valence-electron chi connectivity index (χ1n) is 6.70. The van der Waals surface area contributed by atoms with Gasteiger partial charge in [-0.05, 0) is 31.0 Å². The zero-order valence-corrected chi connectivity index (χ0v) is 12.7. The lowest BCUT2D eigenvalue weighted by Crippen LogP contribution is -2.22. The van der Waals surface area contributed by atoms with Crippen LogP contribution in [0.1, 0.15) is 37.4 Å². The quantitative estimate of drug-likeness (QED) is 0.622. The first-order chi connectivity index (χ1) is 10.1. The Bertz CT molecular complexity index is 707. The monoisotopic (exact) mass is 297 g/mol. The SMILES string of the molecule is CCc1ccc(C(=O)C(C#N)C(=O)c2ccc(C)s2)cc1. The molecule has 0 radical (unpaired) electrons. The van der Waals surface area contributed by atoms with Crippen LogP contribution in [-0.2, 0) is 6.42 Å². The zero-order chi connectivity index (χ0) is 15.4. The van der Waals surface area contributed by atoms with E-state index >= 15 is 0 Å². The molecule has 1 unspecified atom stereocenters. The highest BCUT2D eigenvalue weighted by molar-refractivity contribution is 7.14. The lowest BCUT2D eigenvalue weighted by molar-refractivity contribution is 0.0848. The number of hydrogen-bond donors (Lipinski definition) is 0. The van der Waals surface area contributed by atoms with Gasteiger partial charge in [0.2, 0.25) is 0 Å². The molecule has 3 nitrogen and oxygen atoms in total. The molecule has 0 saturated heterocycles. The maximum atomic E-state index is 12.4. The van der Waals surface area contributed by atoms with E-state index in [4.69, 9.17) is 0 Å². The fraction of sp³-hybridized carbons (Fsp3) is 0.235. The Hall–Kier alpha value is -2.25. The molecule has 0 aliphatic heterocycles. The Morgan fingerprint density at radius 3 is 2.29 bits per heavy atom. The first-order valence-corrected chi connectivity index (χ1v) is 7.52. The lowest BCUT2D eigenvalue weighted by Gasteiger charge is -2.07. The van der Waals surface area contributed by atoms with E-state index in [1.165, 1.54) is 11.3 Å². The molecule has 0 aliphatic carbocycles. The summed E-state index contributed by atoms with van der Waals surface area (Å²) in [6.45, 7) is 3.91. The van der Waals surface area contributed by atoms with E-state index in [0.717, 1.165) is 16.9 Å². The van der Waals surface area contributed by atoms with Gasteiger partial charge in [0.15, 0.2) is 17.5 Å². The average Bonchev–Trinajstić information content (AvgIpc) is 2.94. The van der Waals surface area contributed by atoms with Crippen molar-refractivity contribution in [1.82, 2.24) is 0 Å². The minimum absolute atomic E-state index is 0.403. The van der Waals surface area contributed by atoms with Crippen LogP contribution in [0.25, 0.3) is 0 Å². The Morgan fingerprint density at radius 2 is 1.81 bits per heavy atom. The average molecular weight is 297 g/mol. The maximum Gasteiger partial charge on any atom is 0.197 e. The molecule has 4 heteroatoms. The minimum Gasteiger partial charge on any atom is -0.292 e. The summed E-state index contributed by atoms with van der Waals surface area (Å²) >= 11 is 1.31. The summed E-state index contributed by atoms with van der Waals surface area (Å²) < 4.78 is 0.